The molecule has 0 amide bonds. The lowest BCUT2D eigenvalue weighted by Gasteiger charge is -2.44. The first kappa shape index (κ1) is 31.6. The molecule has 40 heavy (non-hydrogen) atoms. The number of aliphatic carboxylic acids is 1. The first-order chi connectivity index (χ1) is 18.3. The van der Waals surface area contributed by atoms with Crippen LogP contribution in [0.15, 0.2) is 30.3 Å². The predicted octanol–water partition coefficient (Wildman–Crippen LogP) is 5.47. The van der Waals surface area contributed by atoms with E-state index >= 15 is 0 Å². The van der Waals surface area contributed by atoms with Crippen molar-refractivity contribution in [3.8, 4) is 11.3 Å². The van der Waals surface area contributed by atoms with E-state index in [0.717, 1.165) is 10.6 Å². The minimum Gasteiger partial charge on any atom is -0.481 e. The van der Waals surface area contributed by atoms with Gasteiger partial charge in [0.15, 0.2) is 5.79 Å². The minimum absolute atomic E-state index is 0.000617. The predicted molar refractivity (Wildman–Crippen MR) is 153 cm³/mol. The van der Waals surface area contributed by atoms with Crippen molar-refractivity contribution in [3.05, 3.63) is 47.4 Å². The number of nitrogens with zero attached hydrogens (tertiary/aromatic N) is 3. The van der Waals surface area contributed by atoms with E-state index in [1.165, 1.54) is 19.2 Å². The summed E-state index contributed by atoms with van der Waals surface area (Å²) in [7, 11) is -2.26. The second-order valence-electron chi connectivity index (χ2n) is 12.1. The fraction of sp³-hybridized carbons (Fsp3) is 0.552. The minimum atomic E-state index is -3.64. The summed E-state index contributed by atoms with van der Waals surface area (Å²) in [6.07, 6.45) is 3.94. The molecule has 0 bridgehead atoms. The molecule has 1 aliphatic rings. The number of hydrogen-bond acceptors (Lipinski definition) is 7. The molecule has 0 radical (unpaired) electrons. The number of benzene rings is 1. The van der Waals surface area contributed by atoms with Crippen LogP contribution in [-0.4, -0.2) is 60.8 Å². The third kappa shape index (κ3) is 7.44. The summed E-state index contributed by atoms with van der Waals surface area (Å²) < 4.78 is 51.6. The summed E-state index contributed by atoms with van der Waals surface area (Å²) in [6.45, 7) is 13.0. The second kappa shape index (κ2) is 11.5. The summed E-state index contributed by atoms with van der Waals surface area (Å²) in [5.74, 6) is -3.26. The zero-order chi connectivity index (χ0) is 30.2. The van der Waals surface area contributed by atoms with E-state index in [1.54, 1.807) is 26.0 Å². The number of anilines is 1. The molecule has 220 valence electrons. The number of hydrogen-bond donors (Lipinski definition) is 1. The third-order valence-electron chi connectivity index (χ3n) is 6.79. The van der Waals surface area contributed by atoms with Gasteiger partial charge in [-0.25, -0.2) is 27.1 Å². The number of ether oxygens (including phenoxy) is 2. The Kier molecular flexibility index (Phi) is 9.13. The third-order valence-corrected chi connectivity index (χ3v) is 7.95. The fourth-order valence-electron chi connectivity index (χ4n) is 4.89. The zero-order valence-electron chi connectivity index (χ0n) is 24.6. The van der Waals surface area contributed by atoms with Gasteiger partial charge in [-0.2, -0.15) is 0 Å². The molecule has 1 N–H and O–H groups in total. The van der Waals surface area contributed by atoms with Gasteiger partial charge in [-0.1, -0.05) is 46.8 Å². The van der Waals surface area contributed by atoms with Gasteiger partial charge in [0.2, 0.25) is 16.0 Å². The largest absolute Gasteiger partial charge is 0.481 e. The average molecular weight is 578 g/mol. The molecule has 1 unspecified atom stereocenters. The zero-order valence-corrected chi connectivity index (χ0v) is 25.4. The number of carbonyl (C=O) groups is 1. The molecule has 0 saturated carbocycles. The SMILES string of the molecule is CC(C)c1nc(N(C)S(C)(=O)=O)nc(-c2ccc(F)cc2)c1/C=C/[C@@H]1C[C@H](C(C(=O)O)C(C)(C)C)OC(C)(C)O1. The van der Waals surface area contributed by atoms with E-state index in [9.17, 15) is 22.7 Å². The van der Waals surface area contributed by atoms with Gasteiger partial charge >= 0.3 is 5.97 Å². The molecule has 0 spiro atoms. The van der Waals surface area contributed by atoms with Crippen LogP contribution >= 0.6 is 0 Å². The Morgan fingerprint density at radius 1 is 1.18 bits per heavy atom. The number of aromatic nitrogens is 2. The summed E-state index contributed by atoms with van der Waals surface area (Å²) in [5, 5.41) is 10.0. The van der Waals surface area contributed by atoms with E-state index in [1.807, 2.05) is 46.8 Å². The molecule has 3 atom stereocenters. The number of halogens is 1. The van der Waals surface area contributed by atoms with Gasteiger partial charge in [0, 0.05) is 24.6 Å². The molecule has 1 aromatic heterocycles. The highest BCUT2D eigenvalue weighted by molar-refractivity contribution is 7.92. The van der Waals surface area contributed by atoms with Crippen LogP contribution in [0.3, 0.4) is 0 Å². The summed E-state index contributed by atoms with van der Waals surface area (Å²) in [5.41, 5.74) is 1.69. The Balaban J connectivity index is 2.15. The normalized spacial score (nSPS) is 20.6. The summed E-state index contributed by atoms with van der Waals surface area (Å²) in [6, 6.07) is 5.78. The quantitative estimate of drug-likeness (QED) is 0.439. The Hall–Kier alpha value is -2.89. The fourth-order valence-corrected chi connectivity index (χ4v) is 5.27. The lowest BCUT2D eigenvalue weighted by Crippen LogP contribution is -2.51. The van der Waals surface area contributed by atoms with Crippen LogP contribution < -0.4 is 4.31 Å². The molecule has 2 heterocycles. The van der Waals surface area contributed by atoms with Crippen molar-refractivity contribution in [2.75, 3.05) is 17.6 Å². The van der Waals surface area contributed by atoms with Gasteiger partial charge in [-0.3, -0.25) is 4.79 Å². The highest BCUT2D eigenvalue weighted by atomic mass is 32.2. The number of rotatable bonds is 8. The van der Waals surface area contributed by atoms with Crippen molar-refractivity contribution < 1.29 is 32.2 Å². The van der Waals surface area contributed by atoms with E-state index in [-0.39, 0.29) is 11.9 Å². The van der Waals surface area contributed by atoms with Gasteiger partial charge in [-0.15, -0.1) is 0 Å². The van der Waals surface area contributed by atoms with Crippen LogP contribution in [-0.2, 0) is 24.3 Å². The van der Waals surface area contributed by atoms with Crippen molar-refractivity contribution in [3.63, 3.8) is 0 Å². The Labute approximate surface area is 236 Å². The topological polar surface area (TPSA) is 119 Å². The van der Waals surface area contributed by atoms with Crippen LogP contribution in [0.25, 0.3) is 17.3 Å². The van der Waals surface area contributed by atoms with Crippen molar-refractivity contribution in [2.24, 2.45) is 11.3 Å². The van der Waals surface area contributed by atoms with Crippen LogP contribution in [0.4, 0.5) is 10.3 Å². The Bertz CT molecular complexity index is 1370. The van der Waals surface area contributed by atoms with Gasteiger partial charge in [0.1, 0.15) is 5.82 Å². The van der Waals surface area contributed by atoms with Crippen molar-refractivity contribution >= 4 is 28.0 Å². The van der Waals surface area contributed by atoms with Gasteiger partial charge in [-0.05, 0) is 49.4 Å². The summed E-state index contributed by atoms with van der Waals surface area (Å²) >= 11 is 0. The Morgan fingerprint density at radius 3 is 2.27 bits per heavy atom. The molecule has 1 saturated heterocycles. The van der Waals surface area contributed by atoms with Crippen molar-refractivity contribution in [1.82, 2.24) is 9.97 Å². The molecule has 3 rings (SSSR count). The van der Waals surface area contributed by atoms with Gasteiger partial charge in [0.05, 0.1) is 35.8 Å². The lowest BCUT2D eigenvalue weighted by atomic mass is 9.75. The number of carboxylic acids is 1. The van der Waals surface area contributed by atoms with Gasteiger partial charge < -0.3 is 14.6 Å². The maximum Gasteiger partial charge on any atom is 0.309 e. The van der Waals surface area contributed by atoms with Crippen LogP contribution in [0.5, 0.6) is 0 Å². The monoisotopic (exact) mass is 577 g/mol. The Morgan fingerprint density at radius 2 is 1.77 bits per heavy atom. The average Bonchev–Trinajstić information content (AvgIpc) is 2.79. The molecule has 1 fully saturated rings. The van der Waals surface area contributed by atoms with E-state index in [0.29, 0.717) is 28.9 Å². The maximum atomic E-state index is 13.8. The molecule has 11 heteroatoms. The van der Waals surface area contributed by atoms with Crippen LogP contribution in [0, 0.1) is 17.2 Å². The van der Waals surface area contributed by atoms with Gasteiger partial charge in [0.25, 0.3) is 0 Å². The van der Waals surface area contributed by atoms with E-state index in [4.69, 9.17) is 9.47 Å². The smallest absolute Gasteiger partial charge is 0.309 e. The van der Waals surface area contributed by atoms with E-state index in [2.05, 4.69) is 9.97 Å². The molecular weight excluding hydrogens is 537 g/mol. The highest BCUT2D eigenvalue weighted by Gasteiger charge is 2.45. The summed E-state index contributed by atoms with van der Waals surface area (Å²) in [4.78, 5) is 21.4. The molecule has 0 aliphatic carbocycles. The van der Waals surface area contributed by atoms with Crippen molar-refractivity contribution in [1.29, 1.82) is 0 Å². The molecule has 1 aliphatic heterocycles. The molecule has 9 nitrogen and oxygen atoms in total. The lowest BCUT2D eigenvalue weighted by molar-refractivity contribution is -0.302. The highest BCUT2D eigenvalue weighted by Crippen LogP contribution is 2.39. The van der Waals surface area contributed by atoms with E-state index < -0.39 is 51.1 Å². The van der Waals surface area contributed by atoms with Crippen LogP contribution in [0.1, 0.15) is 72.1 Å². The molecular formula is C29H40FN3O6S. The second-order valence-corrected chi connectivity index (χ2v) is 14.1. The standard InChI is InChI=1S/C29H40FN3O6S/c1-17(2)24-21(15-14-20-16-22(39-29(6,7)38-20)23(26(34)35)28(3,4)5)25(18-10-12-19(30)13-11-18)32-27(31-24)33(8)40(9,36)37/h10-15,17,20,22-23H,16H2,1-9H3,(H,34,35)/b15-14+/t20-,22-,23?/m1/s1. The number of sulfonamides is 1. The van der Waals surface area contributed by atoms with Crippen LogP contribution in [0.2, 0.25) is 0 Å². The molecule has 1 aromatic carbocycles. The molecule has 2 aromatic rings. The first-order valence-electron chi connectivity index (χ1n) is 13.2. The maximum absolute atomic E-state index is 13.8. The first-order valence-corrected chi connectivity index (χ1v) is 15.0. The van der Waals surface area contributed by atoms with Crippen molar-refractivity contribution in [2.45, 2.75) is 78.8 Å². The number of carboxylic acid groups (broad SMARTS) is 1.